The fourth-order valence-corrected chi connectivity index (χ4v) is 2.61. The van der Waals surface area contributed by atoms with Crippen molar-refractivity contribution in [2.75, 3.05) is 0 Å². The molecule has 1 N–H and O–H groups in total. The first-order chi connectivity index (χ1) is 8.12. The maximum Gasteiger partial charge on any atom is 0.316 e. The highest BCUT2D eigenvalue weighted by atomic mass is 32.2. The predicted molar refractivity (Wildman–Crippen MR) is 70.3 cm³/mol. The third-order valence-corrected chi connectivity index (χ3v) is 4.05. The minimum Gasteiger partial charge on any atom is -0.480 e. The van der Waals surface area contributed by atoms with Crippen LogP contribution in [0.25, 0.3) is 0 Å². The Morgan fingerprint density at radius 3 is 2.71 bits per heavy atom. The summed E-state index contributed by atoms with van der Waals surface area (Å²) in [6.07, 6.45) is 1.57. The highest BCUT2D eigenvalue weighted by molar-refractivity contribution is 7.99. The first kappa shape index (κ1) is 14.1. The molecule has 0 saturated heterocycles. The third-order valence-electron chi connectivity index (χ3n) is 2.65. The summed E-state index contributed by atoms with van der Waals surface area (Å²) in [5.41, 5.74) is 2.19. The highest BCUT2D eigenvalue weighted by Gasteiger charge is 2.16. The van der Waals surface area contributed by atoms with Gasteiger partial charge in [-0.1, -0.05) is 13.8 Å². The van der Waals surface area contributed by atoms with Gasteiger partial charge < -0.3 is 5.11 Å². The largest absolute Gasteiger partial charge is 0.480 e. The van der Waals surface area contributed by atoms with E-state index in [0.29, 0.717) is 12.2 Å². The van der Waals surface area contributed by atoms with Crippen molar-refractivity contribution in [1.29, 1.82) is 0 Å². The van der Waals surface area contributed by atoms with E-state index in [4.69, 9.17) is 5.11 Å². The molecule has 1 unspecified atom stereocenters. The van der Waals surface area contributed by atoms with Crippen LogP contribution in [0.3, 0.4) is 0 Å². The monoisotopic (exact) mass is 256 g/mol. The fourth-order valence-electron chi connectivity index (χ4n) is 1.63. The molecule has 0 aliphatic carbocycles. The van der Waals surface area contributed by atoms with Crippen LogP contribution in [0.15, 0.2) is 6.07 Å². The molecule has 0 aliphatic rings. The molecule has 0 amide bonds. The van der Waals surface area contributed by atoms with Crippen LogP contribution in [0.4, 0.5) is 0 Å². The number of carbonyl (C=O) groups is 1. The van der Waals surface area contributed by atoms with Crippen molar-refractivity contribution >= 4 is 17.7 Å². The number of rotatable bonds is 7. The van der Waals surface area contributed by atoms with Gasteiger partial charge in [-0.05, 0) is 25.8 Å². The molecular formula is C12H20N2O2S. The Labute approximate surface area is 106 Å². The molecule has 4 nitrogen and oxygen atoms in total. The maximum absolute atomic E-state index is 10.9. The van der Waals surface area contributed by atoms with Crippen molar-refractivity contribution in [3.63, 3.8) is 0 Å². The van der Waals surface area contributed by atoms with Gasteiger partial charge in [-0.3, -0.25) is 9.48 Å². The first-order valence-corrected chi connectivity index (χ1v) is 7.07. The van der Waals surface area contributed by atoms with Gasteiger partial charge in [-0.15, -0.1) is 11.8 Å². The molecule has 1 rings (SSSR count). The summed E-state index contributed by atoms with van der Waals surface area (Å²) >= 11 is 1.48. The normalized spacial score (nSPS) is 12.6. The number of carboxylic acid groups (broad SMARTS) is 1. The second-order valence-corrected chi connectivity index (χ2v) is 5.03. The van der Waals surface area contributed by atoms with Crippen LogP contribution in [0, 0.1) is 0 Å². The van der Waals surface area contributed by atoms with Gasteiger partial charge in [-0.2, -0.15) is 5.10 Å². The Balaban J connectivity index is 2.67. The Morgan fingerprint density at radius 2 is 2.24 bits per heavy atom. The van der Waals surface area contributed by atoms with Crippen LogP contribution in [-0.2, 0) is 23.5 Å². The molecule has 0 aromatic carbocycles. The standard InChI is InChI=1S/C12H20N2O2S/c1-4-9-7-10(14(6-3)13-9)8-17-11(5-2)12(15)16/h7,11H,4-6,8H2,1-3H3,(H,15,16). The zero-order valence-corrected chi connectivity index (χ0v) is 11.5. The lowest BCUT2D eigenvalue weighted by molar-refractivity contribution is -0.136. The Kier molecular flexibility index (Phi) is 5.55. The summed E-state index contributed by atoms with van der Waals surface area (Å²) in [7, 11) is 0. The van der Waals surface area contributed by atoms with Gasteiger partial charge in [0.2, 0.25) is 0 Å². The molecule has 0 aliphatic heterocycles. The Hall–Kier alpha value is -0.970. The second-order valence-electron chi connectivity index (χ2n) is 3.84. The predicted octanol–water partition coefficient (Wildman–Crippen LogP) is 2.56. The van der Waals surface area contributed by atoms with Crippen molar-refractivity contribution in [2.24, 2.45) is 0 Å². The van der Waals surface area contributed by atoms with E-state index >= 15 is 0 Å². The molecule has 0 bridgehead atoms. The van der Waals surface area contributed by atoms with Gasteiger partial charge in [-0.25, -0.2) is 0 Å². The minimum atomic E-state index is -0.726. The lowest BCUT2D eigenvalue weighted by Crippen LogP contribution is -2.15. The van der Waals surface area contributed by atoms with Gasteiger partial charge in [0.05, 0.1) is 5.69 Å². The van der Waals surface area contributed by atoms with Crippen molar-refractivity contribution < 1.29 is 9.90 Å². The van der Waals surface area contributed by atoms with Crippen LogP contribution in [-0.4, -0.2) is 26.1 Å². The van der Waals surface area contributed by atoms with Crippen LogP contribution in [0.5, 0.6) is 0 Å². The van der Waals surface area contributed by atoms with Crippen LogP contribution in [0.1, 0.15) is 38.6 Å². The number of hydrogen-bond donors (Lipinski definition) is 1. The van der Waals surface area contributed by atoms with E-state index in [0.717, 1.165) is 24.4 Å². The van der Waals surface area contributed by atoms with Gasteiger partial charge >= 0.3 is 5.97 Å². The van der Waals surface area contributed by atoms with E-state index < -0.39 is 5.97 Å². The zero-order valence-electron chi connectivity index (χ0n) is 10.6. The van der Waals surface area contributed by atoms with Crippen LogP contribution >= 0.6 is 11.8 Å². The van der Waals surface area contributed by atoms with Crippen molar-refractivity contribution in [3.8, 4) is 0 Å². The number of nitrogens with zero attached hydrogens (tertiary/aromatic N) is 2. The molecule has 96 valence electrons. The quantitative estimate of drug-likeness (QED) is 0.814. The number of carboxylic acids is 1. The molecule has 0 fully saturated rings. The smallest absolute Gasteiger partial charge is 0.316 e. The van der Waals surface area contributed by atoms with Gasteiger partial charge in [0, 0.05) is 18.0 Å². The van der Waals surface area contributed by atoms with Gasteiger partial charge in [0.1, 0.15) is 5.25 Å². The molecule has 0 spiro atoms. The van der Waals surface area contributed by atoms with Crippen molar-refractivity contribution in [1.82, 2.24) is 9.78 Å². The van der Waals surface area contributed by atoms with E-state index in [1.807, 2.05) is 11.6 Å². The summed E-state index contributed by atoms with van der Waals surface area (Å²) in [5.74, 6) is -0.0122. The first-order valence-electron chi connectivity index (χ1n) is 6.02. The summed E-state index contributed by atoms with van der Waals surface area (Å²) in [4.78, 5) is 10.9. The van der Waals surface area contributed by atoms with E-state index in [9.17, 15) is 4.79 Å². The molecule has 1 aromatic heterocycles. The van der Waals surface area contributed by atoms with E-state index in [1.165, 1.54) is 11.8 Å². The molecule has 17 heavy (non-hydrogen) atoms. The Morgan fingerprint density at radius 1 is 1.53 bits per heavy atom. The summed E-state index contributed by atoms with van der Waals surface area (Å²) in [6, 6.07) is 2.07. The topological polar surface area (TPSA) is 55.1 Å². The van der Waals surface area contributed by atoms with Crippen LogP contribution in [0.2, 0.25) is 0 Å². The lowest BCUT2D eigenvalue weighted by Gasteiger charge is -2.09. The lowest BCUT2D eigenvalue weighted by atomic mass is 10.3. The molecule has 0 radical (unpaired) electrons. The number of aromatic nitrogens is 2. The number of thioether (sulfide) groups is 1. The Bertz CT molecular complexity index is 377. The number of hydrogen-bond acceptors (Lipinski definition) is 3. The number of aryl methyl sites for hydroxylation is 2. The zero-order chi connectivity index (χ0) is 12.8. The fraction of sp³-hybridized carbons (Fsp3) is 0.667. The molecule has 1 aromatic rings. The molecule has 5 heteroatoms. The minimum absolute atomic E-state index is 0.319. The average molecular weight is 256 g/mol. The van der Waals surface area contributed by atoms with Gasteiger partial charge in [0.25, 0.3) is 0 Å². The maximum atomic E-state index is 10.9. The molecule has 0 saturated carbocycles. The van der Waals surface area contributed by atoms with E-state index in [-0.39, 0.29) is 5.25 Å². The molecule has 1 atom stereocenters. The van der Waals surface area contributed by atoms with Crippen LogP contribution < -0.4 is 0 Å². The average Bonchev–Trinajstić information content (AvgIpc) is 2.72. The summed E-state index contributed by atoms with van der Waals surface area (Å²) in [5, 5.41) is 13.1. The number of aliphatic carboxylic acids is 1. The SMILES string of the molecule is CCc1cc(CSC(CC)C(=O)O)n(CC)n1. The molecule has 1 heterocycles. The van der Waals surface area contributed by atoms with Crippen molar-refractivity contribution in [3.05, 3.63) is 17.5 Å². The molecular weight excluding hydrogens is 236 g/mol. The third kappa shape index (κ3) is 3.77. The second kappa shape index (κ2) is 6.69. The van der Waals surface area contributed by atoms with Gasteiger partial charge in [0.15, 0.2) is 0 Å². The highest BCUT2D eigenvalue weighted by Crippen LogP contribution is 2.21. The van der Waals surface area contributed by atoms with E-state index in [1.54, 1.807) is 0 Å². The summed E-state index contributed by atoms with van der Waals surface area (Å²) < 4.78 is 1.96. The van der Waals surface area contributed by atoms with Crippen molar-refractivity contribution in [2.45, 2.75) is 51.2 Å². The summed E-state index contributed by atoms with van der Waals surface area (Å²) in [6.45, 7) is 6.86. The van der Waals surface area contributed by atoms with E-state index in [2.05, 4.69) is 25.0 Å².